The van der Waals surface area contributed by atoms with Crippen LogP contribution in [0.15, 0.2) is 41.4 Å². The topological polar surface area (TPSA) is 64.6 Å². The van der Waals surface area contributed by atoms with E-state index in [1.165, 1.54) is 18.0 Å². The Balaban J connectivity index is 3.29. The second-order valence-electron chi connectivity index (χ2n) is 4.92. The van der Waals surface area contributed by atoms with Gasteiger partial charge < -0.3 is 10.2 Å². The van der Waals surface area contributed by atoms with E-state index in [2.05, 4.69) is 5.32 Å². The van der Waals surface area contributed by atoms with Gasteiger partial charge in [-0.15, -0.1) is 0 Å². The number of nitrogens with zero attached hydrogens (tertiary/aromatic N) is 1. The van der Waals surface area contributed by atoms with E-state index in [9.17, 15) is 14.4 Å². The van der Waals surface area contributed by atoms with Crippen molar-refractivity contribution >= 4 is 12.1 Å². The van der Waals surface area contributed by atoms with E-state index in [-0.39, 0.29) is 17.2 Å². The van der Waals surface area contributed by atoms with Crippen molar-refractivity contribution in [2.75, 3.05) is 12.4 Å². The minimum atomic E-state index is -0.443. The molecule has 5 nitrogen and oxygen atoms in total. The van der Waals surface area contributed by atoms with Gasteiger partial charge in [-0.25, -0.2) is 4.39 Å². The lowest BCUT2D eigenvalue weighted by Crippen LogP contribution is -2.27. The third kappa shape index (κ3) is 4.61. The Kier molecular flexibility index (Phi) is 5.92. The molecule has 1 rings (SSSR count). The molecular weight excluding hydrogens is 273 g/mol. The molecule has 0 aliphatic heterocycles. The van der Waals surface area contributed by atoms with Gasteiger partial charge in [0.15, 0.2) is 0 Å². The Morgan fingerprint density at radius 3 is 2.52 bits per heavy atom. The normalized spacial score (nSPS) is 11.3. The highest BCUT2D eigenvalue weighted by Crippen LogP contribution is 2.19. The molecule has 1 amide bonds. The molecular formula is C15H20FN3O2. The van der Waals surface area contributed by atoms with Crippen LogP contribution in [0.5, 0.6) is 0 Å². The summed E-state index contributed by atoms with van der Waals surface area (Å²) < 4.78 is 13.9. The molecule has 0 aromatic heterocycles. The molecule has 114 valence electrons. The number of hydrogen-bond donors (Lipinski definition) is 3. The second kappa shape index (κ2) is 7.44. The predicted octanol–water partition coefficient (Wildman–Crippen LogP) is 2.75. The number of amides is 1. The number of aryl methyl sites for hydroxylation is 1. The Labute approximate surface area is 123 Å². The quantitative estimate of drug-likeness (QED) is 0.429. The summed E-state index contributed by atoms with van der Waals surface area (Å²) in [7, 11) is 1.50. The van der Waals surface area contributed by atoms with Crippen molar-refractivity contribution in [1.29, 1.82) is 0 Å². The van der Waals surface area contributed by atoms with Gasteiger partial charge in [-0.05, 0) is 44.5 Å². The Hall–Kier alpha value is -2.34. The van der Waals surface area contributed by atoms with Crippen LogP contribution in [-0.2, 0) is 4.79 Å². The number of carbonyl (C=O) groups excluding carboxylic acids is 1. The first kappa shape index (κ1) is 16.7. The van der Waals surface area contributed by atoms with Gasteiger partial charge in [0.05, 0.1) is 5.69 Å². The zero-order chi connectivity index (χ0) is 16.0. The van der Waals surface area contributed by atoms with E-state index >= 15 is 0 Å². The fourth-order valence-electron chi connectivity index (χ4n) is 1.69. The van der Waals surface area contributed by atoms with Crippen LogP contribution in [0.1, 0.15) is 19.4 Å². The fourth-order valence-corrected chi connectivity index (χ4v) is 1.69. The van der Waals surface area contributed by atoms with Gasteiger partial charge in [-0.3, -0.25) is 15.5 Å². The molecule has 0 aliphatic carbocycles. The summed E-state index contributed by atoms with van der Waals surface area (Å²) in [4.78, 5) is 12.2. The third-order valence-electron chi connectivity index (χ3n) is 2.70. The molecule has 0 radical (unpaired) electrons. The number of rotatable bonds is 6. The SMILES string of the molecule is CC(C)=C/C(NO)=C(/Nc1ccc(C)cc1F)N(C)C=O. The van der Waals surface area contributed by atoms with Crippen molar-refractivity contribution < 1.29 is 14.4 Å². The molecule has 0 spiro atoms. The average molecular weight is 293 g/mol. The molecule has 1 aromatic carbocycles. The summed E-state index contributed by atoms with van der Waals surface area (Å²) in [6.45, 7) is 5.45. The van der Waals surface area contributed by atoms with Crippen molar-refractivity contribution in [3.05, 3.63) is 52.7 Å². The molecule has 0 atom stereocenters. The lowest BCUT2D eigenvalue weighted by molar-refractivity contribution is -0.115. The molecule has 0 heterocycles. The first-order valence-electron chi connectivity index (χ1n) is 6.39. The lowest BCUT2D eigenvalue weighted by Gasteiger charge is -2.21. The van der Waals surface area contributed by atoms with Crippen LogP contribution in [-0.4, -0.2) is 23.6 Å². The number of hydrogen-bond acceptors (Lipinski definition) is 4. The molecule has 3 N–H and O–H groups in total. The summed E-state index contributed by atoms with van der Waals surface area (Å²) >= 11 is 0. The van der Waals surface area contributed by atoms with Crippen LogP contribution in [0.3, 0.4) is 0 Å². The predicted molar refractivity (Wildman–Crippen MR) is 80.0 cm³/mol. The molecule has 21 heavy (non-hydrogen) atoms. The average Bonchev–Trinajstić information content (AvgIpc) is 2.43. The Morgan fingerprint density at radius 1 is 1.38 bits per heavy atom. The van der Waals surface area contributed by atoms with Crippen molar-refractivity contribution in [2.45, 2.75) is 20.8 Å². The highest BCUT2D eigenvalue weighted by molar-refractivity contribution is 5.58. The molecule has 0 bridgehead atoms. The van der Waals surface area contributed by atoms with Crippen molar-refractivity contribution in [3.63, 3.8) is 0 Å². The molecule has 0 unspecified atom stereocenters. The van der Waals surface area contributed by atoms with Crippen molar-refractivity contribution in [2.24, 2.45) is 0 Å². The summed E-state index contributed by atoms with van der Waals surface area (Å²) in [5.41, 5.74) is 4.17. The van der Waals surface area contributed by atoms with E-state index in [4.69, 9.17) is 0 Å². The van der Waals surface area contributed by atoms with Crippen molar-refractivity contribution in [1.82, 2.24) is 10.4 Å². The maximum Gasteiger partial charge on any atom is 0.215 e. The van der Waals surface area contributed by atoms with Gasteiger partial charge in [0.1, 0.15) is 17.3 Å². The number of anilines is 1. The Morgan fingerprint density at radius 2 is 2.05 bits per heavy atom. The molecule has 0 saturated heterocycles. The second-order valence-corrected chi connectivity index (χ2v) is 4.92. The van der Waals surface area contributed by atoms with Gasteiger partial charge in [0.25, 0.3) is 0 Å². The monoisotopic (exact) mass is 293 g/mol. The fraction of sp³-hybridized carbons (Fsp3) is 0.267. The first-order chi connectivity index (χ1) is 9.88. The Bertz CT molecular complexity index is 578. The standard InChI is InChI=1S/C15H20FN3O2/c1-10(2)7-14(18-21)15(19(4)9-20)17-13-6-5-11(3)8-12(13)16/h5-9,17-18,21H,1-4H3/b15-14+. The van der Waals surface area contributed by atoms with Gasteiger partial charge in [-0.2, -0.15) is 0 Å². The lowest BCUT2D eigenvalue weighted by atomic mass is 10.2. The van der Waals surface area contributed by atoms with E-state index in [1.54, 1.807) is 25.1 Å². The number of hydroxylamine groups is 1. The minimum Gasteiger partial charge on any atom is -0.337 e. The maximum atomic E-state index is 13.9. The van der Waals surface area contributed by atoms with Crippen LogP contribution in [0.2, 0.25) is 0 Å². The first-order valence-corrected chi connectivity index (χ1v) is 6.39. The number of allylic oxidation sites excluding steroid dienone is 2. The number of benzene rings is 1. The summed E-state index contributed by atoms with van der Waals surface area (Å²) in [5.74, 6) is -0.210. The maximum absolute atomic E-state index is 13.9. The van der Waals surface area contributed by atoms with Crippen LogP contribution >= 0.6 is 0 Å². The van der Waals surface area contributed by atoms with Crippen LogP contribution < -0.4 is 10.8 Å². The molecule has 1 aromatic rings. The summed E-state index contributed by atoms with van der Waals surface area (Å²) in [6.07, 6.45) is 2.19. The largest absolute Gasteiger partial charge is 0.337 e. The molecule has 6 heteroatoms. The van der Waals surface area contributed by atoms with E-state index in [1.807, 2.05) is 19.3 Å². The molecule has 0 aliphatic rings. The number of halogens is 1. The zero-order valence-electron chi connectivity index (χ0n) is 12.6. The van der Waals surface area contributed by atoms with Gasteiger partial charge >= 0.3 is 0 Å². The molecule has 0 fully saturated rings. The van der Waals surface area contributed by atoms with Crippen molar-refractivity contribution in [3.8, 4) is 0 Å². The third-order valence-corrected chi connectivity index (χ3v) is 2.70. The zero-order valence-corrected chi connectivity index (χ0v) is 12.6. The van der Waals surface area contributed by atoms with Gasteiger partial charge in [0.2, 0.25) is 6.41 Å². The van der Waals surface area contributed by atoms with E-state index in [0.717, 1.165) is 11.1 Å². The van der Waals surface area contributed by atoms with Crippen LogP contribution in [0.25, 0.3) is 0 Å². The van der Waals surface area contributed by atoms with Crippen LogP contribution in [0.4, 0.5) is 10.1 Å². The highest BCUT2D eigenvalue weighted by atomic mass is 19.1. The van der Waals surface area contributed by atoms with Crippen LogP contribution in [0, 0.1) is 12.7 Å². The smallest absolute Gasteiger partial charge is 0.215 e. The van der Waals surface area contributed by atoms with Gasteiger partial charge in [0, 0.05) is 7.05 Å². The number of nitrogens with one attached hydrogen (secondary N) is 2. The van der Waals surface area contributed by atoms with E-state index < -0.39 is 5.82 Å². The summed E-state index contributed by atoms with van der Waals surface area (Å²) in [6, 6.07) is 4.70. The minimum absolute atomic E-state index is 0.208. The highest BCUT2D eigenvalue weighted by Gasteiger charge is 2.12. The number of carbonyl (C=O) groups is 1. The van der Waals surface area contributed by atoms with E-state index in [0.29, 0.717) is 6.41 Å². The summed E-state index contributed by atoms with van der Waals surface area (Å²) in [5, 5.41) is 12.1. The molecule has 0 saturated carbocycles. The van der Waals surface area contributed by atoms with Gasteiger partial charge in [-0.1, -0.05) is 11.6 Å².